The number of carbonyl (C=O) groups is 3. The van der Waals surface area contributed by atoms with E-state index in [1.807, 2.05) is 36.4 Å². The van der Waals surface area contributed by atoms with Gasteiger partial charge in [0.15, 0.2) is 0 Å². The largest absolute Gasteiger partial charge is 0.508 e. The molecule has 7 heteroatoms. The van der Waals surface area contributed by atoms with Gasteiger partial charge in [-0.1, -0.05) is 56.0 Å². The second-order valence-corrected chi connectivity index (χ2v) is 10.1. The van der Waals surface area contributed by atoms with Gasteiger partial charge in [0.2, 0.25) is 17.7 Å². The zero-order valence-corrected chi connectivity index (χ0v) is 19.0. The van der Waals surface area contributed by atoms with Crippen LogP contribution in [0.25, 0.3) is 0 Å². The third-order valence-electron chi connectivity index (χ3n) is 8.24. The van der Waals surface area contributed by atoms with Crippen LogP contribution in [0.1, 0.15) is 49.7 Å². The maximum atomic E-state index is 14.0. The number of phenolic OH excluding ortho intramolecular Hbond substituents is 1. The van der Waals surface area contributed by atoms with E-state index in [1.54, 1.807) is 12.1 Å². The number of hydrogen-bond acceptors (Lipinski definition) is 5. The van der Waals surface area contributed by atoms with Gasteiger partial charge in [0.25, 0.3) is 0 Å². The maximum absolute atomic E-state index is 14.0. The SMILES string of the molecule is O=C1[C@@H]2[C@H](Cc3ccc(O)cc3)N[C@@]3(C(=O)Nc4ccccc43)[C@@H]2C(=O)N1C1CCCCCC1. The van der Waals surface area contributed by atoms with Crippen molar-refractivity contribution in [2.24, 2.45) is 11.8 Å². The summed E-state index contributed by atoms with van der Waals surface area (Å²) in [6, 6.07) is 13.9. The number of nitrogens with one attached hydrogen (secondary N) is 2. The number of phenols is 1. The number of likely N-dealkylation sites (tertiary alicyclic amines) is 1. The van der Waals surface area contributed by atoms with E-state index < -0.39 is 17.4 Å². The lowest BCUT2D eigenvalue weighted by Crippen LogP contribution is -2.54. The van der Waals surface area contributed by atoms with Crippen LogP contribution < -0.4 is 10.6 Å². The smallest absolute Gasteiger partial charge is 0.250 e. The van der Waals surface area contributed by atoms with Crippen molar-refractivity contribution in [3.05, 3.63) is 59.7 Å². The Morgan fingerprint density at radius 3 is 2.35 bits per heavy atom. The van der Waals surface area contributed by atoms with Crippen molar-refractivity contribution in [2.45, 2.75) is 62.6 Å². The molecule has 0 aromatic heterocycles. The third-order valence-corrected chi connectivity index (χ3v) is 8.24. The van der Waals surface area contributed by atoms with Crippen LogP contribution in [-0.2, 0) is 26.3 Å². The van der Waals surface area contributed by atoms with Crippen molar-refractivity contribution in [2.75, 3.05) is 5.32 Å². The van der Waals surface area contributed by atoms with Crippen molar-refractivity contribution >= 4 is 23.4 Å². The fraction of sp³-hybridized carbons (Fsp3) is 0.444. The summed E-state index contributed by atoms with van der Waals surface area (Å²) in [6.07, 6.45) is 6.44. The molecule has 7 nitrogen and oxygen atoms in total. The molecule has 4 aliphatic rings. The van der Waals surface area contributed by atoms with Crippen LogP contribution in [0, 0.1) is 11.8 Å². The first-order valence-corrected chi connectivity index (χ1v) is 12.3. The molecule has 3 amide bonds. The zero-order valence-electron chi connectivity index (χ0n) is 19.0. The summed E-state index contributed by atoms with van der Waals surface area (Å²) in [5, 5.41) is 16.1. The van der Waals surface area contributed by atoms with Crippen molar-refractivity contribution < 1.29 is 19.5 Å². The second kappa shape index (κ2) is 7.94. The molecule has 3 fully saturated rings. The number of benzene rings is 2. The number of carbonyl (C=O) groups excluding carboxylic acids is 3. The first-order chi connectivity index (χ1) is 16.5. The molecule has 176 valence electrons. The highest BCUT2D eigenvalue weighted by atomic mass is 16.3. The Balaban J connectivity index is 1.44. The lowest BCUT2D eigenvalue weighted by Gasteiger charge is -2.32. The molecule has 2 aromatic carbocycles. The van der Waals surface area contributed by atoms with Crippen molar-refractivity contribution in [1.82, 2.24) is 10.2 Å². The summed E-state index contributed by atoms with van der Waals surface area (Å²) in [5.74, 6) is -1.83. The van der Waals surface area contributed by atoms with Gasteiger partial charge in [0.1, 0.15) is 11.3 Å². The predicted molar refractivity (Wildman–Crippen MR) is 126 cm³/mol. The number of fused-ring (bicyclic) bond motifs is 4. The fourth-order valence-electron chi connectivity index (χ4n) is 6.72. The molecule has 0 unspecified atom stereocenters. The van der Waals surface area contributed by atoms with E-state index in [1.165, 1.54) is 4.90 Å². The standard InChI is InChI=1S/C27H29N3O4/c31-18-13-11-16(12-14-18)15-21-22-23(25(33)30(24(22)32)17-7-3-1-2-4-8-17)27(29-21)19-9-5-6-10-20(19)28-26(27)34/h5-6,9-14,17,21-23,29,31H,1-4,7-8,15H2,(H,28,34)/t21-,22+,23-,27+/m0/s1. The first kappa shape index (κ1) is 21.4. The van der Waals surface area contributed by atoms with Crippen molar-refractivity contribution in [3.8, 4) is 5.75 Å². The molecule has 2 aromatic rings. The fourth-order valence-corrected chi connectivity index (χ4v) is 6.72. The van der Waals surface area contributed by atoms with E-state index in [-0.39, 0.29) is 35.6 Å². The average molecular weight is 460 g/mol. The van der Waals surface area contributed by atoms with E-state index in [4.69, 9.17) is 0 Å². The number of nitrogens with zero attached hydrogens (tertiary/aromatic N) is 1. The van der Waals surface area contributed by atoms with Crippen LogP contribution in [0.15, 0.2) is 48.5 Å². The number of amides is 3. The molecule has 4 atom stereocenters. The van der Waals surface area contributed by atoms with Gasteiger partial charge >= 0.3 is 0 Å². The van der Waals surface area contributed by atoms with Crippen LogP contribution in [-0.4, -0.2) is 39.8 Å². The van der Waals surface area contributed by atoms with Crippen molar-refractivity contribution in [3.63, 3.8) is 0 Å². The first-order valence-electron chi connectivity index (χ1n) is 12.3. The minimum Gasteiger partial charge on any atom is -0.508 e. The zero-order chi connectivity index (χ0) is 23.4. The number of anilines is 1. The Morgan fingerprint density at radius 2 is 1.62 bits per heavy atom. The highest BCUT2D eigenvalue weighted by Gasteiger charge is 2.70. The van der Waals surface area contributed by atoms with Gasteiger partial charge in [-0.3, -0.25) is 24.6 Å². The minimum atomic E-state index is -1.25. The summed E-state index contributed by atoms with van der Waals surface area (Å²) in [6.45, 7) is 0. The van der Waals surface area contributed by atoms with Crippen LogP contribution in [0.3, 0.4) is 0 Å². The Bertz CT molecular complexity index is 1150. The average Bonchev–Trinajstić information content (AvgIpc) is 3.29. The molecule has 1 aliphatic carbocycles. The third kappa shape index (κ3) is 3.03. The molecular weight excluding hydrogens is 430 g/mol. The quantitative estimate of drug-likeness (QED) is 0.484. The minimum absolute atomic E-state index is 0.0841. The highest BCUT2D eigenvalue weighted by Crippen LogP contribution is 2.54. The van der Waals surface area contributed by atoms with Crippen molar-refractivity contribution in [1.29, 1.82) is 0 Å². The summed E-state index contributed by atoms with van der Waals surface area (Å²) in [7, 11) is 0. The Morgan fingerprint density at radius 1 is 0.912 bits per heavy atom. The van der Waals surface area contributed by atoms with Gasteiger partial charge in [-0.2, -0.15) is 0 Å². The molecule has 0 bridgehead atoms. The molecule has 0 radical (unpaired) electrons. The van der Waals surface area contributed by atoms with E-state index in [0.717, 1.165) is 49.7 Å². The van der Waals surface area contributed by atoms with Crippen LogP contribution in [0.2, 0.25) is 0 Å². The van der Waals surface area contributed by atoms with E-state index in [2.05, 4.69) is 10.6 Å². The summed E-state index contributed by atoms with van der Waals surface area (Å²) in [4.78, 5) is 43.0. The Kier molecular flexibility index (Phi) is 4.99. The van der Waals surface area contributed by atoms with E-state index in [9.17, 15) is 19.5 Å². The number of para-hydroxylation sites is 1. The van der Waals surface area contributed by atoms with Crippen LogP contribution in [0.5, 0.6) is 5.75 Å². The molecule has 2 saturated heterocycles. The molecule has 3 aliphatic heterocycles. The number of aromatic hydroxyl groups is 1. The van der Waals surface area contributed by atoms with Gasteiger partial charge < -0.3 is 10.4 Å². The second-order valence-electron chi connectivity index (χ2n) is 10.1. The van der Waals surface area contributed by atoms with Crippen LogP contribution in [0.4, 0.5) is 5.69 Å². The maximum Gasteiger partial charge on any atom is 0.250 e. The molecule has 1 spiro atoms. The molecule has 6 rings (SSSR count). The summed E-state index contributed by atoms with van der Waals surface area (Å²) >= 11 is 0. The summed E-state index contributed by atoms with van der Waals surface area (Å²) < 4.78 is 0. The van der Waals surface area contributed by atoms with Gasteiger partial charge in [0.05, 0.1) is 11.8 Å². The predicted octanol–water partition coefficient (Wildman–Crippen LogP) is 3.08. The Labute approximate surface area is 198 Å². The normalized spacial score (nSPS) is 31.0. The van der Waals surface area contributed by atoms with Crippen LogP contribution >= 0.6 is 0 Å². The van der Waals surface area contributed by atoms with Gasteiger partial charge in [0, 0.05) is 23.3 Å². The highest BCUT2D eigenvalue weighted by molar-refractivity contribution is 6.15. The molecular formula is C27H29N3O4. The van der Waals surface area contributed by atoms with Gasteiger partial charge in [-0.25, -0.2) is 0 Å². The molecule has 3 heterocycles. The number of hydrogen-bond donors (Lipinski definition) is 3. The van der Waals surface area contributed by atoms with E-state index >= 15 is 0 Å². The lowest BCUT2D eigenvalue weighted by atomic mass is 9.76. The topological polar surface area (TPSA) is 98.7 Å². The summed E-state index contributed by atoms with van der Waals surface area (Å²) in [5.41, 5.74) is 1.12. The molecule has 1 saturated carbocycles. The van der Waals surface area contributed by atoms with E-state index in [0.29, 0.717) is 12.1 Å². The number of imide groups is 1. The number of rotatable bonds is 3. The molecule has 3 N–H and O–H groups in total. The Hall–Kier alpha value is -3.19. The molecule has 34 heavy (non-hydrogen) atoms. The van der Waals surface area contributed by atoms with Gasteiger partial charge in [-0.05, 0) is 43.0 Å². The monoisotopic (exact) mass is 459 g/mol. The lowest BCUT2D eigenvalue weighted by molar-refractivity contribution is -0.145. The van der Waals surface area contributed by atoms with Gasteiger partial charge in [-0.15, -0.1) is 0 Å².